The predicted octanol–water partition coefficient (Wildman–Crippen LogP) is 2.14. The molecule has 0 atom stereocenters. The van der Waals surface area contributed by atoms with Gasteiger partial charge in [0.1, 0.15) is 5.82 Å². The molecular formula is C18H22N6O2S. The lowest BCUT2D eigenvalue weighted by Gasteiger charge is -2.31. The van der Waals surface area contributed by atoms with Gasteiger partial charge in [0.15, 0.2) is 11.5 Å². The SMILES string of the molecule is CN1CCN(Cc2cc(C(=O)Nc3cc(-c4ccsc4)nn3C)no2)CC1. The van der Waals surface area contributed by atoms with Crippen molar-refractivity contribution < 1.29 is 9.32 Å². The minimum atomic E-state index is -0.303. The predicted molar refractivity (Wildman–Crippen MR) is 104 cm³/mol. The second-order valence-electron chi connectivity index (χ2n) is 6.76. The number of hydrogen-bond donors (Lipinski definition) is 1. The maximum atomic E-state index is 12.5. The van der Waals surface area contributed by atoms with Gasteiger partial charge in [0.25, 0.3) is 5.91 Å². The van der Waals surface area contributed by atoms with Crippen LogP contribution in [0.4, 0.5) is 5.82 Å². The van der Waals surface area contributed by atoms with Crippen LogP contribution in [0.5, 0.6) is 0 Å². The molecule has 27 heavy (non-hydrogen) atoms. The quantitative estimate of drug-likeness (QED) is 0.724. The summed E-state index contributed by atoms with van der Waals surface area (Å²) in [5.41, 5.74) is 2.13. The Balaban J connectivity index is 1.40. The molecule has 4 rings (SSSR count). The first-order valence-corrected chi connectivity index (χ1v) is 9.77. The zero-order valence-corrected chi connectivity index (χ0v) is 16.2. The molecule has 1 amide bonds. The topological polar surface area (TPSA) is 79.4 Å². The highest BCUT2D eigenvalue weighted by molar-refractivity contribution is 7.08. The molecule has 0 unspecified atom stereocenters. The fourth-order valence-corrected chi connectivity index (χ4v) is 3.69. The second kappa shape index (κ2) is 7.63. The van der Waals surface area contributed by atoms with Gasteiger partial charge in [-0.05, 0) is 18.5 Å². The number of likely N-dealkylation sites (N-methyl/N-ethyl adjacent to an activating group) is 1. The minimum absolute atomic E-state index is 0.275. The molecule has 1 fully saturated rings. The summed E-state index contributed by atoms with van der Waals surface area (Å²) >= 11 is 1.61. The van der Waals surface area contributed by atoms with E-state index in [-0.39, 0.29) is 11.6 Å². The third-order valence-corrected chi connectivity index (χ3v) is 5.39. The normalized spacial score (nSPS) is 15.9. The number of thiophene rings is 1. The summed E-state index contributed by atoms with van der Waals surface area (Å²) in [5.74, 6) is 1.02. The molecule has 1 saturated heterocycles. The Morgan fingerprint density at radius 2 is 2.07 bits per heavy atom. The number of nitrogens with one attached hydrogen (secondary N) is 1. The molecule has 0 bridgehead atoms. The first-order valence-electron chi connectivity index (χ1n) is 8.83. The van der Waals surface area contributed by atoms with E-state index in [4.69, 9.17) is 4.52 Å². The van der Waals surface area contributed by atoms with Crippen molar-refractivity contribution in [3.63, 3.8) is 0 Å². The highest BCUT2D eigenvalue weighted by Gasteiger charge is 2.19. The molecule has 3 aromatic heterocycles. The zero-order chi connectivity index (χ0) is 18.8. The molecule has 4 heterocycles. The maximum Gasteiger partial charge on any atom is 0.278 e. The monoisotopic (exact) mass is 386 g/mol. The Kier molecular flexibility index (Phi) is 5.06. The van der Waals surface area contributed by atoms with Crippen LogP contribution in [0.2, 0.25) is 0 Å². The van der Waals surface area contributed by atoms with Crippen molar-refractivity contribution in [1.29, 1.82) is 0 Å². The molecule has 0 aromatic carbocycles. The van der Waals surface area contributed by atoms with Crippen molar-refractivity contribution in [3.05, 3.63) is 40.4 Å². The smallest absolute Gasteiger partial charge is 0.278 e. The maximum absolute atomic E-state index is 12.5. The van der Waals surface area contributed by atoms with Crippen LogP contribution in [-0.4, -0.2) is 63.9 Å². The number of piperazine rings is 1. The third kappa shape index (κ3) is 4.10. The molecule has 1 aliphatic rings. The first kappa shape index (κ1) is 17.9. The van der Waals surface area contributed by atoms with Crippen LogP contribution in [-0.2, 0) is 13.6 Å². The van der Waals surface area contributed by atoms with Crippen molar-refractivity contribution >= 4 is 23.1 Å². The van der Waals surface area contributed by atoms with Crippen molar-refractivity contribution in [2.75, 3.05) is 38.5 Å². The van der Waals surface area contributed by atoms with Gasteiger partial charge in [0, 0.05) is 56.3 Å². The minimum Gasteiger partial charge on any atom is -0.359 e. The average molecular weight is 386 g/mol. The van der Waals surface area contributed by atoms with Crippen molar-refractivity contribution in [2.24, 2.45) is 7.05 Å². The van der Waals surface area contributed by atoms with Crippen LogP contribution in [0.25, 0.3) is 11.3 Å². The van der Waals surface area contributed by atoms with Gasteiger partial charge in [-0.25, -0.2) is 0 Å². The summed E-state index contributed by atoms with van der Waals surface area (Å²) < 4.78 is 7.01. The Morgan fingerprint density at radius 1 is 1.26 bits per heavy atom. The van der Waals surface area contributed by atoms with Crippen LogP contribution in [0.15, 0.2) is 33.5 Å². The number of carbonyl (C=O) groups is 1. The first-order chi connectivity index (χ1) is 13.1. The van der Waals surface area contributed by atoms with Crippen molar-refractivity contribution in [2.45, 2.75) is 6.54 Å². The molecule has 1 aliphatic heterocycles. The van der Waals surface area contributed by atoms with Crippen LogP contribution >= 0.6 is 11.3 Å². The largest absolute Gasteiger partial charge is 0.359 e. The lowest BCUT2D eigenvalue weighted by Crippen LogP contribution is -2.43. The highest BCUT2D eigenvalue weighted by atomic mass is 32.1. The van der Waals surface area contributed by atoms with Gasteiger partial charge in [-0.1, -0.05) is 5.16 Å². The van der Waals surface area contributed by atoms with Gasteiger partial charge in [0.05, 0.1) is 12.2 Å². The van der Waals surface area contributed by atoms with Gasteiger partial charge in [-0.2, -0.15) is 16.4 Å². The van der Waals surface area contributed by atoms with Gasteiger partial charge in [-0.3, -0.25) is 14.4 Å². The summed E-state index contributed by atoms with van der Waals surface area (Å²) in [4.78, 5) is 17.1. The number of carbonyl (C=O) groups excluding carboxylic acids is 1. The Labute approximate surface area is 161 Å². The average Bonchev–Trinajstić information content (AvgIpc) is 3.39. The van der Waals surface area contributed by atoms with Crippen molar-refractivity contribution in [3.8, 4) is 11.3 Å². The van der Waals surface area contributed by atoms with E-state index < -0.39 is 0 Å². The lowest BCUT2D eigenvalue weighted by molar-refractivity contribution is 0.101. The van der Waals surface area contributed by atoms with E-state index in [2.05, 4.69) is 32.4 Å². The molecule has 142 valence electrons. The number of rotatable bonds is 5. The van der Waals surface area contributed by atoms with E-state index in [1.165, 1.54) is 0 Å². The molecule has 8 nitrogen and oxygen atoms in total. The van der Waals surface area contributed by atoms with E-state index in [1.807, 2.05) is 22.9 Å². The number of aromatic nitrogens is 3. The summed E-state index contributed by atoms with van der Waals surface area (Å²) in [6.07, 6.45) is 0. The summed E-state index contributed by atoms with van der Waals surface area (Å²) in [6.45, 7) is 4.71. The van der Waals surface area contributed by atoms with Gasteiger partial charge < -0.3 is 14.7 Å². The zero-order valence-electron chi connectivity index (χ0n) is 15.4. The van der Waals surface area contributed by atoms with Crippen molar-refractivity contribution in [1.82, 2.24) is 24.7 Å². The third-order valence-electron chi connectivity index (χ3n) is 4.71. The number of aryl methyl sites for hydroxylation is 1. The molecule has 0 spiro atoms. The molecule has 1 N–H and O–H groups in total. The Hall–Kier alpha value is -2.49. The number of amides is 1. The number of nitrogens with zero attached hydrogens (tertiary/aromatic N) is 5. The summed E-state index contributed by atoms with van der Waals surface area (Å²) in [5, 5.41) is 15.2. The summed E-state index contributed by atoms with van der Waals surface area (Å²) in [7, 11) is 3.92. The molecular weight excluding hydrogens is 364 g/mol. The standard InChI is InChI=1S/C18H22N6O2S/c1-22-4-6-24(7-5-22)11-14-9-16(21-26-14)18(25)19-17-10-15(20-23(17)2)13-3-8-27-12-13/h3,8-10,12H,4-7,11H2,1-2H3,(H,19,25). The van der Waals surface area contributed by atoms with E-state index in [1.54, 1.807) is 29.1 Å². The Bertz CT molecular complexity index is 908. The van der Waals surface area contributed by atoms with Crippen LogP contribution in [0, 0.1) is 0 Å². The van der Waals surface area contributed by atoms with Gasteiger partial charge >= 0.3 is 0 Å². The molecule has 3 aromatic rings. The van der Waals surface area contributed by atoms with Gasteiger partial charge in [-0.15, -0.1) is 0 Å². The van der Waals surface area contributed by atoms with E-state index in [9.17, 15) is 4.79 Å². The van der Waals surface area contributed by atoms with E-state index in [0.29, 0.717) is 18.1 Å². The van der Waals surface area contributed by atoms with E-state index in [0.717, 1.165) is 37.4 Å². The highest BCUT2D eigenvalue weighted by Crippen LogP contribution is 2.23. The van der Waals surface area contributed by atoms with Gasteiger partial charge in [0.2, 0.25) is 0 Å². The fraction of sp³-hybridized carbons (Fsp3) is 0.389. The molecule has 0 aliphatic carbocycles. The van der Waals surface area contributed by atoms with Crippen LogP contribution < -0.4 is 5.32 Å². The van der Waals surface area contributed by atoms with Crippen LogP contribution in [0.3, 0.4) is 0 Å². The molecule has 9 heteroatoms. The number of anilines is 1. The lowest BCUT2D eigenvalue weighted by atomic mass is 10.2. The molecule has 0 saturated carbocycles. The number of hydrogen-bond acceptors (Lipinski definition) is 7. The van der Waals surface area contributed by atoms with E-state index >= 15 is 0 Å². The Morgan fingerprint density at radius 3 is 2.81 bits per heavy atom. The van der Waals surface area contributed by atoms with Crippen LogP contribution in [0.1, 0.15) is 16.2 Å². The second-order valence-corrected chi connectivity index (χ2v) is 7.54. The molecule has 0 radical (unpaired) electrons. The summed E-state index contributed by atoms with van der Waals surface area (Å²) in [6, 6.07) is 5.57. The fourth-order valence-electron chi connectivity index (χ4n) is 3.04.